The Hall–Kier alpha value is 0.210. The average Bonchev–Trinajstić information content (AvgIpc) is 2.31. The van der Waals surface area contributed by atoms with Crippen LogP contribution in [-0.4, -0.2) is 44.1 Å². The number of methoxy groups -OCH3 is 1. The van der Waals surface area contributed by atoms with Gasteiger partial charge in [0.1, 0.15) is 0 Å². The van der Waals surface area contributed by atoms with Gasteiger partial charge in [0.25, 0.3) is 0 Å². The van der Waals surface area contributed by atoms with Crippen LogP contribution < -0.4 is 0 Å². The van der Waals surface area contributed by atoms with Gasteiger partial charge in [0.15, 0.2) is 0 Å². The highest BCUT2D eigenvalue weighted by Gasteiger charge is 2.18. The van der Waals surface area contributed by atoms with Crippen molar-refractivity contribution in [1.29, 1.82) is 0 Å². The fraction of sp³-hybridized carbons (Fsp3) is 1.00. The zero-order chi connectivity index (χ0) is 11.6. The van der Waals surface area contributed by atoms with Crippen molar-refractivity contribution >= 4 is 11.6 Å². The van der Waals surface area contributed by atoms with E-state index in [1.54, 1.807) is 0 Å². The molecule has 16 heavy (non-hydrogen) atoms. The molecule has 1 saturated heterocycles. The summed E-state index contributed by atoms with van der Waals surface area (Å²) in [6, 6.07) is 0. The number of likely N-dealkylation sites (tertiary alicyclic amines) is 1. The lowest BCUT2D eigenvalue weighted by atomic mass is 9.97. The maximum atomic E-state index is 5.65. The molecule has 0 saturated carbocycles. The predicted molar refractivity (Wildman–Crippen MR) is 70.2 cm³/mol. The molecule has 2 nitrogen and oxygen atoms in total. The fourth-order valence-corrected chi connectivity index (χ4v) is 2.58. The van der Waals surface area contributed by atoms with Crippen LogP contribution >= 0.6 is 11.6 Å². The second-order valence-electron chi connectivity index (χ2n) is 4.84. The molecule has 0 aliphatic carbocycles. The molecule has 0 spiro atoms. The van der Waals surface area contributed by atoms with Crippen LogP contribution in [-0.2, 0) is 4.74 Å². The van der Waals surface area contributed by atoms with Crippen molar-refractivity contribution in [3.05, 3.63) is 0 Å². The molecular weight excluding hydrogens is 222 g/mol. The number of alkyl halides is 1. The van der Waals surface area contributed by atoms with Crippen LogP contribution in [0.25, 0.3) is 0 Å². The van der Waals surface area contributed by atoms with E-state index in [4.69, 9.17) is 16.3 Å². The third-order valence-electron chi connectivity index (χ3n) is 3.47. The topological polar surface area (TPSA) is 12.5 Å². The van der Waals surface area contributed by atoms with Crippen LogP contribution in [0, 0.1) is 5.92 Å². The van der Waals surface area contributed by atoms with Gasteiger partial charge in [-0.05, 0) is 51.2 Å². The van der Waals surface area contributed by atoms with Gasteiger partial charge in [0, 0.05) is 19.6 Å². The molecule has 1 aliphatic rings. The summed E-state index contributed by atoms with van der Waals surface area (Å²) >= 11 is 5.65. The number of rotatable bonds is 8. The summed E-state index contributed by atoms with van der Waals surface area (Å²) in [5.41, 5.74) is 0. The molecular formula is C13H26ClNO. The van der Waals surface area contributed by atoms with E-state index in [0.29, 0.717) is 0 Å². The average molecular weight is 248 g/mol. The zero-order valence-electron chi connectivity index (χ0n) is 10.6. The quantitative estimate of drug-likeness (QED) is 0.483. The van der Waals surface area contributed by atoms with Crippen LogP contribution in [0.5, 0.6) is 0 Å². The Bertz CT molecular complexity index is 158. The number of nitrogens with zero attached hydrogens (tertiary/aromatic N) is 1. The molecule has 0 bridgehead atoms. The van der Waals surface area contributed by atoms with Crippen LogP contribution in [0.1, 0.15) is 38.5 Å². The summed E-state index contributed by atoms with van der Waals surface area (Å²) in [6.07, 6.45) is 7.78. The molecule has 1 heterocycles. The summed E-state index contributed by atoms with van der Waals surface area (Å²) in [5.74, 6) is 1.63. The molecule has 0 atom stereocenters. The van der Waals surface area contributed by atoms with Crippen LogP contribution in [0.2, 0.25) is 0 Å². The first kappa shape index (κ1) is 14.3. The van der Waals surface area contributed by atoms with Gasteiger partial charge < -0.3 is 9.64 Å². The lowest BCUT2D eigenvalue weighted by molar-refractivity contribution is 0.0988. The van der Waals surface area contributed by atoms with E-state index in [0.717, 1.165) is 18.4 Å². The third-order valence-corrected chi connectivity index (χ3v) is 3.73. The smallest absolute Gasteiger partial charge is 0.0491 e. The van der Waals surface area contributed by atoms with E-state index in [9.17, 15) is 0 Å². The predicted octanol–water partition coefficient (Wildman–Crippen LogP) is 3.14. The highest BCUT2D eigenvalue weighted by Crippen LogP contribution is 2.17. The number of halogens is 1. The second-order valence-corrected chi connectivity index (χ2v) is 5.22. The van der Waals surface area contributed by atoms with E-state index in [1.165, 1.54) is 58.2 Å². The summed E-state index contributed by atoms with van der Waals surface area (Å²) in [6.45, 7) is 4.76. The summed E-state index contributed by atoms with van der Waals surface area (Å²) < 4.78 is 5.21. The van der Waals surface area contributed by atoms with Crippen LogP contribution in [0.3, 0.4) is 0 Å². The Labute approximate surface area is 105 Å². The molecule has 3 heteroatoms. The molecule has 1 fully saturated rings. The first-order valence-electron chi connectivity index (χ1n) is 6.64. The van der Waals surface area contributed by atoms with E-state index in [1.807, 2.05) is 7.11 Å². The Morgan fingerprint density at radius 1 is 1.12 bits per heavy atom. The fourth-order valence-electron chi connectivity index (χ4n) is 2.40. The van der Waals surface area contributed by atoms with Crippen molar-refractivity contribution in [1.82, 2.24) is 4.90 Å². The molecule has 0 unspecified atom stereocenters. The van der Waals surface area contributed by atoms with Gasteiger partial charge in [-0.2, -0.15) is 0 Å². The largest absolute Gasteiger partial charge is 0.384 e. The molecule has 0 radical (unpaired) electrons. The highest BCUT2D eigenvalue weighted by molar-refractivity contribution is 6.17. The van der Waals surface area contributed by atoms with E-state index in [2.05, 4.69) is 4.90 Å². The second kappa shape index (κ2) is 9.26. The minimum Gasteiger partial charge on any atom is -0.384 e. The maximum absolute atomic E-state index is 5.65. The number of piperidine rings is 1. The van der Waals surface area contributed by atoms with Gasteiger partial charge in [-0.15, -0.1) is 11.6 Å². The van der Waals surface area contributed by atoms with Crippen molar-refractivity contribution < 1.29 is 4.74 Å². The van der Waals surface area contributed by atoms with Crippen molar-refractivity contribution in [2.75, 3.05) is 39.2 Å². The first-order chi connectivity index (χ1) is 7.86. The summed E-state index contributed by atoms with van der Waals surface area (Å²) in [7, 11) is 1.81. The first-order valence-corrected chi connectivity index (χ1v) is 7.17. The minimum atomic E-state index is 0.803. The Morgan fingerprint density at radius 2 is 1.81 bits per heavy atom. The number of unbranched alkanes of at least 4 members (excludes halogenated alkanes) is 3. The number of hydrogen-bond donors (Lipinski definition) is 0. The lowest BCUT2D eigenvalue weighted by Gasteiger charge is -2.31. The molecule has 0 aromatic heterocycles. The maximum Gasteiger partial charge on any atom is 0.0491 e. The summed E-state index contributed by atoms with van der Waals surface area (Å²) in [4.78, 5) is 2.60. The highest BCUT2D eigenvalue weighted by atomic mass is 35.5. The van der Waals surface area contributed by atoms with Gasteiger partial charge in [-0.25, -0.2) is 0 Å². The van der Waals surface area contributed by atoms with E-state index >= 15 is 0 Å². The number of ether oxygens (including phenoxy) is 1. The van der Waals surface area contributed by atoms with Gasteiger partial charge in [-0.3, -0.25) is 0 Å². The minimum absolute atomic E-state index is 0.803. The molecule has 1 aliphatic heterocycles. The van der Waals surface area contributed by atoms with Crippen molar-refractivity contribution in [3.8, 4) is 0 Å². The van der Waals surface area contributed by atoms with Gasteiger partial charge in [-0.1, -0.05) is 12.8 Å². The third kappa shape index (κ3) is 6.07. The zero-order valence-corrected chi connectivity index (χ0v) is 11.3. The van der Waals surface area contributed by atoms with Crippen molar-refractivity contribution in [3.63, 3.8) is 0 Å². The molecule has 0 amide bonds. The van der Waals surface area contributed by atoms with E-state index < -0.39 is 0 Å². The normalized spacial score (nSPS) is 19.1. The molecule has 1 rings (SSSR count). The Balaban J connectivity index is 1.95. The molecule has 0 aromatic rings. The monoisotopic (exact) mass is 247 g/mol. The lowest BCUT2D eigenvalue weighted by Crippen LogP contribution is -2.35. The van der Waals surface area contributed by atoms with Crippen molar-refractivity contribution in [2.45, 2.75) is 38.5 Å². The van der Waals surface area contributed by atoms with Gasteiger partial charge in [0.2, 0.25) is 0 Å². The summed E-state index contributed by atoms with van der Waals surface area (Å²) in [5, 5.41) is 0. The SMILES string of the molecule is COCC1CCN(CCCCCCCl)CC1. The van der Waals surface area contributed by atoms with Gasteiger partial charge in [0.05, 0.1) is 0 Å². The standard InChI is InChI=1S/C13H26ClNO/c1-16-12-13-6-10-15(11-7-13)9-5-3-2-4-8-14/h13H,2-12H2,1H3. The molecule has 0 N–H and O–H groups in total. The molecule has 96 valence electrons. The Morgan fingerprint density at radius 3 is 2.44 bits per heavy atom. The van der Waals surface area contributed by atoms with Crippen molar-refractivity contribution in [2.24, 2.45) is 5.92 Å². The Kier molecular flexibility index (Phi) is 8.26. The van der Waals surface area contributed by atoms with Crippen LogP contribution in [0.15, 0.2) is 0 Å². The van der Waals surface area contributed by atoms with Crippen LogP contribution in [0.4, 0.5) is 0 Å². The van der Waals surface area contributed by atoms with Gasteiger partial charge >= 0.3 is 0 Å². The number of hydrogen-bond acceptors (Lipinski definition) is 2. The van der Waals surface area contributed by atoms with E-state index in [-0.39, 0.29) is 0 Å². The molecule has 0 aromatic carbocycles.